The molecule has 12 heavy (non-hydrogen) atoms. The molecule has 0 spiro atoms. The third-order valence-corrected chi connectivity index (χ3v) is 2.75. The smallest absolute Gasteiger partial charge is 0.0851 e. The summed E-state index contributed by atoms with van der Waals surface area (Å²) in [4.78, 5) is 0. The van der Waals surface area contributed by atoms with E-state index in [1.165, 1.54) is 0 Å². The van der Waals surface area contributed by atoms with Crippen molar-refractivity contribution in [1.82, 2.24) is 0 Å². The van der Waals surface area contributed by atoms with Crippen LogP contribution in [-0.2, 0) is 0 Å². The van der Waals surface area contributed by atoms with Gasteiger partial charge >= 0.3 is 0 Å². The van der Waals surface area contributed by atoms with Gasteiger partial charge in [-0.05, 0) is 0 Å². The van der Waals surface area contributed by atoms with Crippen LogP contribution in [0.4, 0.5) is 0 Å². The molecular formula is C6H18B6. The first-order chi connectivity index (χ1) is 5.37. The van der Waals surface area contributed by atoms with Crippen LogP contribution >= 0.6 is 0 Å². The van der Waals surface area contributed by atoms with Gasteiger partial charge in [0.05, 0.1) is 19.8 Å². The highest BCUT2D eigenvalue weighted by molar-refractivity contribution is 7.87. The second-order valence-electron chi connectivity index (χ2n) is 4.89. The molecule has 0 aromatic rings. The van der Waals surface area contributed by atoms with Crippen LogP contribution in [0.25, 0.3) is 0 Å². The zero-order chi connectivity index (χ0) is 9.89. The Morgan fingerprint density at radius 1 is 0.667 bits per heavy atom. The van der Waals surface area contributed by atoms with Crippen LogP contribution in [0.2, 0.25) is 40.9 Å². The predicted octanol–water partition coefficient (Wildman–Crippen LogP) is 1.22. The Labute approximate surface area is 81.7 Å². The average molecular weight is 155 g/mol. The van der Waals surface area contributed by atoms with Crippen LogP contribution in [0.5, 0.6) is 0 Å². The van der Waals surface area contributed by atoms with Crippen molar-refractivity contribution in [3.05, 3.63) is 0 Å². The van der Waals surface area contributed by atoms with Crippen molar-refractivity contribution < 1.29 is 0 Å². The molecule has 0 heterocycles. The van der Waals surface area contributed by atoms with Gasteiger partial charge in [-0.3, -0.25) is 0 Å². The van der Waals surface area contributed by atoms with E-state index < -0.39 is 0 Å². The maximum absolute atomic E-state index is 6.16. The van der Waals surface area contributed by atoms with Gasteiger partial charge in [-0.2, -0.15) is 0 Å². The van der Waals surface area contributed by atoms with Gasteiger partial charge in [-0.15, -0.1) is 0 Å². The number of rotatable bonds is 4. The molecule has 0 N–H and O–H groups in total. The van der Waals surface area contributed by atoms with E-state index in [1.54, 1.807) is 0 Å². The van der Waals surface area contributed by atoms with Crippen molar-refractivity contribution in [2.45, 2.75) is 40.9 Å². The molecule has 0 fully saturated rings. The highest BCUT2D eigenvalue weighted by atomic mass is 13.4. The van der Waals surface area contributed by atoms with Crippen LogP contribution in [-0.4, -0.2) is 40.3 Å². The molecule has 0 rings (SSSR count). The molecule has 0 atom stereocenters. The lowest BCUT2D eigenvalue weighted by molar-refractivity contribution is 2.04. The van der Waals surface area contributed by atoms with Crippen LogP contribution < -0.4 is 0 Å². The fourth-order valence-corrected chi connectivity index (χ4v) is 2.10. The van der Waals surface area contributed by atoms with E-state index in [1.807, 2.05) is 0 Å². The van der Waals surface area contributed by atoms with E-state index in [0.717, 1.165) is 0 Å². The Hall–Kier alpha value is 0.390. The summed E-state index contributed by atoms with van der Waals surface area (Å²) in [6, 6.07) is 0. The highest BCUT2D eigenvalue weighted by Crippen LogP contribution is 2.02. The van der Waals surface area contributed by atoms with E-state index in [-0.39, 0.29) is 0 Å². The van der Waals surface area contributed by atoms with Gasteiger partial charge in [-0.1, -0.05) is 40.9 Å². The summed E-state index contributed by atoms with van der Waals surface area (Å²) in [6.45, 7) is 15.5. The van der Waals surface area contributed by atoms with Gasteiger partial charge in [0.15, 0.2) is 0 Å². The quantitative estimate of drug-likeness (QED) is 0.535. The van der Waals surface area contributed by atoms with Gasteiger partial charge in [0, 0.05) is 20.5 Å². The van der Waals surface area contributed by atoms with E-state index in [2.05, 4.69) is 40.9 Å². The van der Waals surface area contributed by atoms with E-state index in [9.17, 15) is 0 Å². The molecule has 0 aliphatic heterocycles. The van der Waals surface area contributed by atoms with Gasteiger partial charge < -0.3 is 0 Å². The molecule has 0 aliphatic rings. The summed E-state index contributed by atoms with van der Waals surface area (Å²) in [6.07, 6.45) is 1.01. The Bertz CT molecular complexity index is 115. The maximum atomic E-state index is 6.16. The molecular weight excluding hydrogens is 137 g/mol. The zero-order valence-corrected chi connectivity index (χ0v) is 9.46. The Kier molecular flexibility index (Phi) is 5.36. The minimum Gasteiger partial charge on any atom is -0.0937 e. The summed E-state index contributed by atoms with van der Waals surface area (Å²) >= 11 is 0. The van der Waals surface area contributed by atoms with Crippen molar-refractivity contribution in [3.63, 3.8) is 0 Å². The first-order valence-electron chi connectivity index (χ1n) is 5.13. The molecule has 0 unspecified atom stereocenters. The van der Waals surface area contributed by atoms with Crippen LogP contribution in [0, 0.1) is 0 Å². The fraction of sp³-hybridized carbons (Fsp3) is 1.00. The summed E-state index contributed by atoms with van der Waals surface area (Å²) in [5.41, 5.74) is 0. The molecule has 0 aliphatic carbocycles. The Morgan fingerprint density at radius 3 is 1.08 bits per heavy atom. The van der Waals surface area contributed by atoms with Gasteiger partial charge in [-0.25, -0.2) is 0 Å². The van der Waals surface area contributed by atoms with E-state index >= 15 is 0 Å². The van der Waals surface area contributed by atoms with Crippen molar-refractivity contribution >= 4 is 40.3 Å². The monoisotopic (exact) mass is 156 g/mol. The molecule has 0 amide bonds. The summed E-state index contributed by atoms with van der Waals surface area (Å²) in [7, 11) is 6.16. The summed E-state index contributed by atoms with van der Waals surface area (Å²) < 4.78 is 0. The van der Waals surface area contributed by atoms with Crippen LogP contribution in [0.3, 0.4) is 0 Å². The standard InChI is InChI=1S/C6H18B6/c1-8(2)11(7)12(9(3)4)10(5)6/h1-6H3. The number of hydrogen-bond acceptors (Lipinski definition) is 0. The maximum Gasteiger partial charge on any atom is 0.0851 e. The minimum atomic E-state index is 0.352. The zero-order valence-electron chi connectivity index (χ0n) is 9.46. The normalized spacial score (nSPS) is 9.17. The van der Waals surface area contributed by atoms with Crippen molar-refractivity contribution in [2.24, 2.45) is 0 Å². The lowest BCUT2D eigenvalue weighted by Crippen LogP contribution is -2.60. The van der Waals surface area contributed by atoms with E-state index in [0.29, 0.717) is 32.6 Å². The van der Waals surface area contributed by atoms with Crippen LogP contribution in [0.1, 0.15) is 0 Å². The lowest BCUT2D eigenvalue weighted by Gasteiger charge is -2.26. The van der Waals surface area contributed by atoms with Gasteiger partial charge in [0.1, 0.15) is 0 Å². The molecule has 6 heteroatoms. The largest absolute Gasteiger partial charge is 0.0937 e. The molecule has 60 valence electrons. The second-order valence-corrected chi connectivity index (χ2v) is 4.89. The second kappa shape index (κ2) is 5.19. The van der Waals surface area contributed by atoms with E-state index in [4.69, 9.17) is 7.74 Å². The topological polar surface area (TPSA) is 0 Å². The van der Waals surface area contributed by atoms with Gasteiger partial charge in [0.2, 0.25) is 0 Å². The SMILES string of the molecule is [B]B(B(C)C)B(B(C)C)B(C)C. The Balaban J connectivity index is 4.30. The summed E-state index contributed by atoms with van der Waals surface area (Å²) in [5, 5.41) is 0. The molecule has 0 aromatic carbocycles. The third-order valence-electron chi connectivity index (χ3n) is 2.75. The Morgan fingerprint density at radius 2 is 1.00 bits per heavy atom. The molecule has 0 bridgehead atoms. The molecule has 2 radical (unpaired) electrons. The molecule has 0 saturated carbocycles. The fourth-order valence-electron chi connectivity index (χ4n) is 2.10. The number of hydrogen-bond donors (Lipinski definition) is 0. The average Bonchev–Trinajstić information content (AvgIpc) is 1.85. The van der Waals surface area contributed by atoms with Crippen molar-refractivity contribution in [3.8, 4) is 0 Å². The first-order valence-corrected chi connectivity index (χ1v) is 5.13. The summed E-state index contributed by atoms with van der Waals surface area (Å²) in [5.74, 6) is 0. The van der Waals surface area contributed by atoms with Crippen molar-refractivity contribution in [1.29, 1.82) is 0 Å². The van der Waals surface area contributed by atoms with Gasteiger partial charge in [0.25, 0.3) is 0 Å². The predicted molar refractivity (Wildman–Crippen MR) is 69.7 cm³/mol. The molecule has 0 saturated heterocycles. The molecule has 0 aromatic heterocycles. The minimum absolute atomic E-state index is 0.352. The van der Waals surface area contributed by atoms with Crippen LogP contribution in [0.15, 0.2) is 0 Å². The lowest BCUT2D eigenvalue weighted by atomic mass is 8.63. The van der Waals surface area contributed by atoms with Crippen molar-refractivity contribution in [2.75, 3.05) is 0 Å². The first kappa shape index (κ1) is 12.4. The molecule has 0 nitrogen and oxygen atoms in total. The third kappa shape index (κ3) is 3.41. The highest BCUT2D eigenvalue weighted by Gasteiger charge is 2.33.